The lowest BCUT2D eigenvalue weighted by molar-refractivity contribution is 0.00907. The van der Waals surface area contributed by atoms with Crippen LogP contribution >= 0.6 is 15.9 Å². The SMILES string of the molecule is COc1ccc2c(c1)C(=O)C(OC(=O)NCCc1ccc(OC)c(OC)c1)[C@H](c1ccc(OC)c(Br)c1)O2. The fraction of sp³-hybridized carbons (Fsp3) is 0.286. The summed E-state index contributed by atoms with van der Waals surface area (Å²) in [5.41, 5.74) is 1.84. The molecule has 0 bridgehead atoms. The molecule has 10 heteroatoms. The van der Waals surface area contributed by atoms with Crippen LogP contribution in [0, 0.1) is 0 Å². The third-order valence-electron chi connectivity index (χ3n) is 6.11. The van der Waals surface area contributed by atoms with Gasteiger partial charge < -0.3 is 33.7 Å². The quantitative estimate of drug-likeness (QED) is 0.368. The summed E-state index contributed by atoms with van der Waals surface area (Å²) in [6.45, 7) is 0.277. The minimum absolute atomic E-state index is 0.274. The van der Waals surface area contributed by atoms with Gasteiger partial charge in [-0.25, -0.2) is 4.79 Å². The van der Waals surface area contributed by atoms with E-state index in [2.05, 4.69) is 21.2 Å². The fourth-order valence-electron chi connectivity index (χ4n) is 4.14. The number of ether oxygens (including phenoxy) is 6. The first-order chi connectivity index (χ1) is 18.4. The Kier molecular flexibility index (Phi) is 8.62. The first-order valence-electron chi connectivity index (χ1n) is 11.8. The number of hydrogen-bond donors (Lipinski definition) is 1. The summed E-state index contributed by atoms with van der Waals surface area (Å²) in [5, 5.41) is 2.72. The van der Waals surface area contributed by atoms with Crippen LogP contribution in [-0.2, 0) is 11.2 Å². The number of amides is 1. The maximum atomic E-state index is 13.5. The molecule has 0 saturated carbocycles. The lowest BCUT2D eigenvalue weighted by atomic mass is 9.93. The van der Waals surface area contributed by atoms with E-state index in [1.165, 1.54) is 7.11 Å². The number of fused-ring (bicyclic) bond motifs is 1. The van der Waals surface area contributed by atoms with Gasteiger partial charge in [0, 0.05) is 6.54 Å². The largest absolute Gasteiger partial charge is 0.497 e. The predicted molar refractivity (Wildman–Crippen MR) is 143 cm³/mol. The Labute approximate surface area is 229 Å². The third kappa shape index (κ3) is 5.80. The Bertz CT molecular complexity index is 1330. The molecular formula is C28H28BrNO8. The summed E-state index contributed by atoms with van der Waals surface area (Å²) in [4.78, 5) is 26.3. The van der Waals surface area contributed by atoms with Crippen molar-refractivity contribution in [2.45, 2.75) is 18.6 Å². The Morgan fingerprint density at radius 3 is 2.32 bits per heavy atom. The third-order valence-corrected chi connectivity index (χ3v) is 6.73. The average Bonchev–Trinajstić information content (AvgIpc) is 2.94. The zero-order valence-corrected chi connectivity index (χ0v) is 23.0. The highest BCUT2D eigenvalue weighted by Crippen LogP contribution is 2.40. The van der Waals surface area contributed by atoms with E-state index in [0.29, 0.717) is 45.2 Å². The molecule has 38 heavy (non-hydrogen) atoms. The van der Waals surface area contributed by atoms with Crippen molar-refractivity contribution in [1.82, 2.24) is 5.32 Å². The fourth-order valence-corrected chi connectivity index (χ4v) is 4.70. The number of benzene rings is 3. The average molecular weight is 586 g/mol. The molecule has 1 unspecified atom stereocenters. The van der Waals surface area contributed by atoms with E-state index in [0.717, 1.165) is 5.56 Å². The van der Waals surface area contributed by atoms with Gasteiger partial charge in [0.05, 0.1) is 38.5 Å². The monoisotopic (exact) mass is 585 g/mol. The molecule has 0 aliphatic carbocycles. The zero-order valence-electron chi connectivity index (χ0n) is 21.4. The van der Waals surface area contributed by atoms with Gasteiger partial charge in [-0.2, -0.15) is 0 Å². The van der Waals surface area contributed by atoms with Gasteiger partial charge in [-0.15, -0.1) is 0 Å². The summed E-state index contributed by atoms with van der Waals surface area (Å²) in [6.07, 6.45) is -2.33. The van der Waals surface area contributed by atoms with Gasteiger partial charge in [0.1, 0.15) is 17.2 Å². The summed E-state index contributed by atoms with van der Waals surface area (Å²) >= 11 is 3.47. The Morgan fingerprint density at radius 2 is 1.63 bits per heavy atom. The number of alkyl carbamates (subject to hydrolysis) is 1. The molecular weight excluding hydrogens is 558 g/mol. The van der Waals surface area contributed by atoms with Crippen LogP contribution in [0.2, 0.25) is 0 Å². The van der Waals surface area contributed by atoms with Crippen LogP contribution in [0.25, 0.3) is 0 Å². The minimum Gasteiger partial charge on any atom is -0.497 e. The van der Waals surface area contributed by atoms with Crippen LogP contribution in [0.5, 0.6) is 28.7 Å². The van der Waals surface area contributed by atoms with Crippen LogP contribution in [0.3, 0.4) is 0 Å². The van der Waals surface area contributed by atoms with E-state index in [4.69, 9.17) is 28.4 Å². The van der Waals surface area contributed by atoms with E-state index in [1.54, 1.807) is 63.8 Å². The Balaban J connectivity index is 1.52. The van der Waals surface area contributed by atoms with Gasteiger partial charge >= 0.3 is 6.09 Å². The number of carbonyl (C=O) groups excluding carboxylic acids is 2. The second-order valence-electron chi connectivity index (χ2n) is 8.35. The van der Waals surface area contributed by atoms with Crippen molar-refractivity contribution in [2.75, 3.05) is 35.0 Å². The van der Waals surface area contributed by atoms with Crippen molar-refractivity contribution in [3.63, 3.8) is 0 Å². The van der Waals surface area contributed by atoms with Gasteiger partial charge in [0.15, 0.2) is 17.6 Å². The molecule has 1 heterocycles. The molecule has 2 atom stereocenters. The van der Waals surface area contributed by atoms with Crippen LogP contribution in [0.4, 0.5) is 4.79 Å². The molecule has 3 aromatic rings. The molecule has 0 saturated heterocycles. The Hall–Kier alpha value is -3.92. The number of nitrogens with one attached hydrogen (secondary N) is 1. The van der Waals surface area contributed by atoms with E-state index in [1.807, 2.05) is 12.1 Å². The topological polar surface area (TPSA) is 102 Å². The van der Waals surface area contributed by atoms with Gasteiger partial charge in [-0.1, -0.05) is 12.1 Å². The first kappa shape index (κ1) is 27.1. The van der Waals surface area contributed by atoms with Crippen molar-refractivity contribution < 1.29 is 38.0 Å². The van der Waals surface area contributed by atoms with Crippen molar-refractivity contribution >= 4 is 27.8 Å². The van der Waals surface area contributed by atoms with Crippen LogP contribution < -0.4 is 29.0 Å². The van der Waals surface area contributed by atoms with Crippen LogP contribution in [0.15, 0.2) is 59.1 Å². The lowest BCUT2D eigenvalue weighted by Gasteiger charge is -2.32. The molecule has 3 aromatic carbocycles. The van der Waals surface area contributed by atoms with E-state index in [-0.39, 0.29) is 12.1 Å². The molecule has 1 aliphatic rings. The molecule has 4 rings (SSSR count). The molecule has 0 aromatic heterocycles. The normalized spacial score (nSPS) is 16.1. The maximum Gasteiger partial charge on any atom is 0.408 e. The highest BCUT2D eigenvalue weighted by molar-refractivity contribution is 9.10. The van der Waals surface area contributed by atoms with Gasteiger partial charge in [-0.3, -0.25) is 4.79 Å². The summed E-state index contributed by atoms with van der Waals surface area (Å²) in [5.74, 6) is 2.31. The number of hydrogen-bond acceptors (Lipinski definition) is 8. The Morgan fingerprint density at radius 1 is 0.895 bits per heavy atom. The lowest BCUT2D eigenvalue weighted by Crippen LogP contribution is -2.42. The number of Topliss-reactive ketones (excluding diaryl/α,β-unsaturated/α-hetero) is 1. The second kappa shape index (κ2) is 12.1. The molecule has 1 amide bonds. The maximum absolute atomic E-state index is 13.5. The minimum atomic E-state index is -1.23. The number of ketones is 1. The number of halogens is 1. The second-order valence-corrected chi connectivity index (χ2v) is 9.21. The number of rotatable bonds is 9. The molecule has 1 aliphatic heterocycles. The molecule has 9 nitrogen and oxygen atoms in total. The van der Waals surface area contributed by atoms with E-state index < -0.39 is 24.1 Å². The standard InChI is InChI=1S/C28H28BrNO8/c1-33-18-7-10-21-19(15-18)25(31)27(26(37-21)17-6-9-22(34-2)20(29)14-17)38-28(32)30-12-11-16-5-8-23(35-3)24(13-16)36-4/h5-10,13-15,26-27H,11-12H2,1-4H3,(H,30,32)/t26-,27?/m0/s1. The highest BCUT2D eigenvalue weighted by Gasteiger charge is 2.41. The zero-order chi connectivity index (χ0) is 27.2. The van der Waals surface area contributed by atoms with Crippen molar-refractivity contribution in [2.24, 2.45) is 0 Å². The van der Waals surface area contributed by atoms with Crippen LogP contribution in [0.1, 0.15) is 27.6 Å². The number of methoxy groups -OCH3 is 4. The van der Waals surface area contributed by atoms with E-state index in [9.17, 15) is 9.59 Å². The molecule has 200 valence electrons. The summed E-state index contributed by atoms with van der Waals surface area (Å²) in [7, 11) is 6.19. The highest BCUT2D eigenvalue weighted by atomic mass is 79.9. The summed E-state index contributed by atoms with van der Waals surface area (Å²) in [6, 6.07) is 15.7. The van der Waals surface area contributed by atoms with Gasteiger partial charge in [-0.05, 0) is 75.9 Å². The first-order valence-corrected chi connectivity index (χ1v) is 12.6. The van der Waals surface area contributed by atoms with Gasteiger partial charge in [0.2, 0.25) is 11.9 Å². The molecule has 0 radical (unpaired) electrons. The number of carbonyl (C=O) groups is 2. The molecule has 0 spiro atoms. The van der Waals surface area contributed by atoms with Gasteiger partial charge in [0.25, 0.3) is 0 Å². The smallest absolute Gasteiger partial charge is 0.408 e. The molecule has 1 N–H and O–H groups in total. The summed E-state index contributed by atoms with van der Waals surface area (Å²) < 4.78 is 33.7. The van der Waals surface area contributed by atoms with Crippen molar-refractivity contribution in [1.29, 1.82) is 0 Å². The van der Waals surface area contributed by atoms with E-state index >= 15 is 0 Å². The predicted octanol–water partition coefficient (Wildman–Crippen LogP) is 5.14. The van der Waals surface area contributed by atoms with Crippen LogP contribution in [-0.4, -0.2) is 53.0 Å². The molecule has 0 fully saturated rings. The van der Waals surface area contributed by atoms with Crippen molar-refractivity contribution in [3.8, 4) is 28.7 Å². The van der Waals surface area contributed by atoms with Crippen molar-refractivity contribution in [3.05, 3.63) is 75.8 Å².